The molecule has 9 nitrogen and oxygen atoms in total. The van der Waals surface area contributed by atoms with Gasteiger partial charge in [-0.1, -0.05) is 30.4 Å². The highest BCUT2D eigenvalue weighted by atomic mass is 32.2. The maximum absolute atomic E-state index is 12.8. The van der Waals surface area contributed by atoms with Crippen LogP contribution in [0.2, 0.25) is 0 Å². The van der Waals surface area contributed by atoms with Crippen molar-refractivity contribution in [1.82, 2.24) is 0 Å². The molecule has 0 aliphatic rings. The molecule has 0 spiro atoms. The summed E-state index contributed by atoms with van der Waals surface area (Å²) in [5.74, 6) is 0.0650. The number of nitro groups is 2. The van der Waals surface area contributed by atoms with E-state index in [0.29, 0.717) is 11.1 Å². The van der Waals surface area contributed by atoms with Crippen LogP contribution in [0, 0.1) is 27.2 Å². The highest BCUT2D eigenvalue weighted by Gasteiger charge is 2.23. The van der Waals surface area contributed by atoms with Gasteiger partial charge in [-0.3, -0.25) is 20.2 Å². The predicted molar refractivity (Wildman–Crippen MR) is 114 cm³/mol. The second-order valence-electron chi connectivity index (χ2n) is 6.46. The Morgan fingerprint density at radius 1 is 0.806 bits per heavy atom. The van der Waals surface area contributed by atoms with E-state index in [1.165, 1.54) is 48.5 Å². The van der Waals surface area contributed by atoms with Crippen molar-refractivity contribution in [2.45, 2.75) is 11.8 Å². The fourth-order valence-corrected chi connectivity index (χ4v) is 3.92. The third-order valence-corrected chi connectivity index (χ3v) is 5.64. The minimum Gasteiger partial charge on any atom is -0.379 e. The Kier molecular flexibility index (Phi) is 6.12. The van der Waals surface area contributed by atoms with Crippen molar-refractivity contribution in [3.63, 3.8) is 0 Å². The summed E-state index contributed by atoms with van der Waals surface area (Å²) in [7, 11) is -4.38. The van der Waals surface area contributed by atoms with E-state index in [1.54, 1.807) is 31.2 Å². The lowest BCUT2D eigenvalue weighted by Crippen LogP contribution is -2.11. The van der Waals surface area contributed by atoms with Crippen LogP contribution < -0.4 is 4.18 Å². The van der Waals surface area contributed by atoms with E-state index in [4.69, 9.17) is 4.18 Å². The molecule has 3 rings (SSSR count). The lowest BCUT2D eigenvalue weighted by atomic mass is 10.1. The Morgan fingerprint density at radius 3 is 1.94 bits per heavy atom. The van der Waals surface area contributed by atoms with Gasteiger partial charge in [-0.2, -0.15) is 8.42 Å². The molecule has 0 heterocycles. The quantitative estimate of drug-likeness (QED) is 0.224. The molecule has 0 saturated heterocycles. The van der Waals surface area contributed by atoms with Crippen molar-refractivity contribution < 1.29 is 22.4 Å². The maximum Gasteiger partial charge on any atom is 0.340 e. The molecule has 10 heteroatoms. The highest BCUT2D eigenvalue weighted by Crippen LogP contribution is 2.28. The number of hydrogen-bond acceptors (Lipinski definition) is 7. The molecule has 0 aliphatic heterocycles. The maximum atomic E-state index is 12.8. The van der Waals surface area contributed by atoms with Gasteiger partial charge in [0.1, 0.15) is 10.6 Å². The zero-order valence-electron chi connectivity index (χ0n) is 16.2. The predicted octanol–water partition coefficient (Wildman–Crippen LogP) is 4.75. The molecule has 0 radical (unpaired) electrons. The lowest BCUT2D eigenvalue weighted by molar-refractivity contribution is -0.385. The molecule has 31 heavy (non-hydrogen) atoms. The van der Waals surface area contributed by atoms with Crippen LogP contribution in [0.25, 0.3) is 12.2 Å². The summed E-state index contributed by atoms with van der Waals surface area (Å²) in [6.45, 7) is 1.68. The fraction of sp³-hybridized carbons (Fsp3) is 0.0476. The monoisotopic (exact) mass is 440 g/mol. The molecular formula is C21H16N2O7S. The van der Waals surface area contributed by atoms with Crippen LogP contribution >= 0.6 is 0 Å². The van der Waals surface area contributed by atoms with Crippen LogP contribution in [0.4, 0.5) is 11.4 Å². The lowest BCUT2D eigenvalue weighted by Gasteiger charge is -2.10. The third kappa shape index (κ3) is 5.11. The van der Waals surface area contributed by atoms with Crippen molar-refractivity contribution in [2.75, 3.05) is 0 Å². The second kappa shape index (κ2) is 8.76. The van der Waals surface area contributed by atoms with Gasteiger partial charge in [0, 0.05) is 24.3 Å². The number of benzene rings is 3. The van der Waals surface area contributed by atoms with Crippen LogP contribution in [-0.4, -0.2) is 18.3 Å². The fourth-order valence-electron chi connectivity index (χ4n) is 2.78. The molecule has 158 valence electrons. The molecule has 0 saturated carbocycles. The van der Waals surface area contributed by atoms with E-state index in [0.717, 1.165) is 6.07 Å². The molecule has 3 aromatic rings. The number of rotatable bonds is 7. The first kappa shape index (κ1) is 21.7. The van der Waals surface area contributed by atoms with Crippen LogP contribution in [0.3, 0.4) is 0 Å². The van der Waals surface area contributed by atoms with E-state index in [-0.39, 0.29) is 21.9 Å². The van der Waals surface area contributed by atoms with Crippen molar-refractivity contribution in [2.24, 2.45) is 0 Å². The number of non-ortho nitro benzene ring substituents is 2. The molecule has 0 bridgehead atoms. The van der Waals surface area contributed by atoms with Gasteiger partial charge in [-0.15, -0.1) is 0 Å². The molecule has 0 aromatic heterocycles. The van der Waals surface area contributed by atoms with Crippen molar-refractivity contribution in [3.05, 3.63) is 104 Å². The first-order valence-electron chi connectivity index (χ1n) is 8.88. The zero-order chi connectivity index (χ0) is 22.6. The van der Waals surface area contributed by atoms with Crippen molar-refractivity contribution in [3.8, 4) is 5.75 Å². The molecule has 0 amide bonds. The van der Waals surface area contributed by atoms with E-state index >= 15 is 0 Å². The van der Waals surface area contributed by atoms with Crippen molar-refractivity contribution in [1.29, 1.82) is 0 Å². The van der Waals surface area contributed by atoms with E-state index in [2.05, 4.69) is 0 Å². The average molecular weight is 440 g/mol. The van der Waals surface area contributed by atoms with E-state index in [1.807, 2.05) is 0 Å². The summed E-state index contributed by atoms with van der Waals surface area (Å²) < 4.78 is 30.8. The minimum atomic E-state index is -4.38. The smallest absolute Gasteiger partial charge is 0.340 e. The van der Waals surface area contributed by atoms with Gasteiger partial charge in [0.25, 0.3) is 11.4 Å². The van der Waals surface area contributed by atoms with Gasteiger partial charge in [0.15, 0.2) is 0 Å². The molecule has 3 aromatic carbocycles. The number of nitrogens with zero attached hydrogens (tertiary/aromatic N) is 2. The Morgan fingerprint density at radius 2 is 1.35 bits per heavy atom. The normalized spacial score (nSPS) is 11.4. The van der Waals surface area contributed by atoms with Crippen molar-refractivity contribution >= 4 is 33.6 Å². The molecule has 0 aliphatic carbocycles. The highest BCUT2D eigenvalue weighted by molar-refractivity contribution is 7.87. The standard InChI is InChI=1S/C21H16N2O7S/c1-15-13-18(22(24)25)11-9-16(15)7-8-17-10-12-19(23(26)27)14-21(17)31(28,29)30-20-5-3-2-4-6-20/h2-14H,1H3. The van der Waals surface area contributed by atoms with Gasteiger partial charge < -0.3 is 4.18 Å². The van der Waals surface area contributed by atoms with Crippen LogP contribution in [0.15, 0.2) is 71.6 Å². The average Bonchev–Trinajstić information content (AvgIpc) is 2.73. The summed E-state index contributed by atoms with van der Waals surface area (Å²) in [4.78, 5) is 20.5. The van der Waals surface area contributed by atoms with Crippen LogP contribution in [-0.2, 0) is 10.1 Å². The molecule has 0 N–H and O–H groups in total. The Bertz CT molecular complexity index is 1290. The number of nitro benzene ring substituents is 2. The molecule has 0 atom stereocenters. The summed E-state index contributed by atoms with van der Waals surface area (Å²) in [6.07, 6.45) is 3.03. The number of para-hydroxylation sites is 1. The first-order valence-corrected chi connectivity index (χ1v) is 10.3. The third-order valence-electron chi connectivity index (χ3n) is 4.33. The first-order chi connectivity index (χ1) is 14.7. The zero-order valence-corrected chi connectivity index (χ0v) is 17.0. The van der Waals surface area contributed by atoms with Crippen LogP contribution in [0.5, 0.6) is 5.75 Å². The molecular weight excluding hydrogens is 424 g/mol. The second-order valence-corrected chi connectivity index (χ2v) is 7.98. The summed E-state index contributed by atoms with van der Waals surface area (Å²) in [6, 6.07) is 15.4. The van der Waals surface area contributed by atoms with Gasteiger partial charge in [-0.05, 0) is 47.9 Å². The SMILES string of the molecule is Cc1cc([N+](=O)[O-])ccc1C=Cc1ccc([N+](=O)[O-])cc1S(=O)(=O)Oc1ccccc1. The summed E-state index contributed by atoms with van der Waals surface area (Å²) in [5.41, 5.74) is 0.927. The Labute approximate surface area is 177 Å². The Balaban J connectivity index is 2.03. The van der Waals surface area contributed by atoms with E-state index < -0.39 is 25.7 Å². The molecule has 0 unspecified atom stereocenters. The number of aryl methyl sites for hydroxylation is 1. The summed E-state index contributed by atoms with van der Waals surface area (Å²) in [5, 5.41) is 22.0. The number of hydrogen-bond donors (Lipinski definition) is 0. The van der Waals surface area contributed by atoms with Gasteiger partial charge in [-0.25, -0.2) is 0 Å². The van der Waals surface area contributed by atoms with Gasteiger partial charge in [0.2, 0.25) is 0 Å². The minimum absolute atomic E-state index is 0.0650. The van der Waals surface area contributed by atoms with Gasteiger partial charge >= 0.3 is 10.1 Å². The Hall–Kier alpha value is -4.05. The topological polar surface area (TPSA) is 130 Å². The van der Waals surface area contributed by atoms with Crippen LogP contribution in [0.1, 0.15) is 16.7 Å². The molecule has 0 fully saturated rings. The summed E-state index contributed by atoms with van der Waals surface area (Å²) >= 11 is 0. The van der Waals surface area contributed by atoms with Gasteiger partial charge in [0.05, 0.1) is 9.85 Å². The van der Waals surface area contributed by atoms with E-state index in [9.17, 15) is 28.6 Å². The largest absolute Gasteiger partial charge is 0.379 e.